The number of hydrogen-bond acceptors (Lipinski definition) is 5. The van der Waals surface area contributed by atoms with Crippen molar-refractivity contribution >= 4 is 38.9 Å². The van der Waals surface area contributed by atoms with Crippen LogP contribution in [0.1, 0.15) is 13.8 Å². The molecule has 136 valence electrons. The van der Waals surface area contributed by atoms with E-state index in [0.29, 0.717) is 24.7 Å². The summed E-state index contributed by atoms with van der Waals surface area (Å²) in [5.74, 6) is 0.205. The number of anilines is 1. The largest absolute Gasteiger partial charge is 0.505 e. The number of halogens is 2. The summed E-state index contributed by atoms with van der Waals surface area (Å²) in [5.41, 5.74) is 0.170. The van der Waals surface area contributed by atoms with Crippen molar-refractivity contribution in [3.8, 4) is 17.2 Å². The summed E-state index contributed by atoms with van der Waals surface area (Å²) in [7, 11) is -4.17. The lowest BCUT2D eigenvalue weighted by Crippen LogP contribution is -2.14. The van der Waals surface area contributed by atoms with E-state index in [-0.39, 0.29) is 15.7 Å². The second-order valence-corrected chi connectivity index (χ2v) is 7.36. The van der Waals surface area contributed by atoms with Crippen LogP contribution in [-0.2, 0) is 10.0 Å². The van der Waals surface area contributed by atoms with E-state index in [4.69, 9.17) is 32.7 Å². The maximum atomic E-state index is 12.7. The van der Waals surface area contributed by atoms with Crippen molar-refractivity contribution in [2.45, 2.75) is 18.7 Å². The molecule has 0 heterocycles. The molecule has 0 amide bonds. The first-order chi connectivity index (χ1) is 11.8. The Hall–Kier alpha value is -1.83. The highest BCUT2D eigenvalue weighted by Gasteiger charge is 2.23. The molecule has 0 aromatic heterocycles. The van der Waals surface area contributed by atoms with Crippen LogP contribution >= 0.6 is 23.2 Å². The molecule has 2 N–H and O–H groups in total. The summed E-state index contributed by atoms with van der Waals surface area (Å²) in [5, 5.41) is 9.90. The van der Waals surface area contributed by atoms with E-state index < -0.39 is 20.7 Å². The van der Waals surface area contributed by atoms with Crippen LogP contribution in [0.15, 0.2) is 35.2 Å². The Morgan fingerprint density at radius 1 is 1.08 bits per heavy atom. The predicted octanol–water partition coefficient (Wildman–Crippen LogP) is 4.30. The van der Waals surface area contributed by atoms with Gasteiger partial charge in [-0.3, -0.25) is 4.72 Å². The lowest BCUT2D eigenvalue weighted by Gasteiger charge is -2.15. The molecule has 0 aliphatic rings. The number of hydrogen-bond donors (Lipinski definition) is 2. The number of phenolic OH excluding ortho intramolecular Hbond substituents is 1. The molecular weight excluding hydrogens is 389 g/mol. The molecule has 6 nitrogen and oxygen atoms in total. The van der Waals surface area contributed by atoms with Crippen LogP contribution in [0.25, 0.3) is 0 Å². The van der Waals surface area contributed by atoms with Gasteiger partial charge in [-0.2, -0.15) is 0 Å². The molecule has 0 radical (unpaired) electrons. The molecule has 0 bridgehead atoms. The van der Waals surface area contributed by atoms with Crippen LogP contribution in [0.4, 0.5) is 5.69 Å². The molecule has 0 spiro atoms. The fourth-order valence-electron chi connectivity index (χ4n) is 2.07. The van der Waals surface area contributed by atoms with Crippen molar-refractivity contribution < 1.29 is 23.0 Å². The van der Waals surface area contributed by atoms with E-state index in [9.17, 15) is 13.5 Å². The molecule has 0 aliphatic carbocycles. The Kier molecular flexibility index (Phi) is 6.26. The Balaban J connectivity index is 2.48. The van der Waals surface area contributed by atoms with Crippen molar-refractivity contribution in [2.24, 2.45) is 0 Å². The lowest BCUT2D eigenvalue weighted by molar-refractivity contribution is 0.332. The van der Waals surface area contributed by atoms with Gasteiger partial charge in [-0.1, -0.05) is 23.2 Å². The van der Waals surface area contributed by atoms with Gasteiger partial charge in [0.25, 0.3) is 10.0 Å². The summed E-state index contributed by atoms with van der Waals surface area (Å²) in [4.78, 5) is -0.436. The average Bonchev–Trinajstić information content (AvgIpc) is 2.53. The van der Waals surface area contributed by atoms with E-state index in [1.807, 2.05) is 6.92 Å². The third-order valence-electron chi connectivity index (χ3n) is 3.09. The van der Waals surface area contributed by atoms with Crippen molar-refractivity contribution in [2.75, 3.05) is 17.9 Å². The van der Waals surface area contributed by atoms with Crippen molar-refractivity contribution in [1.82, 2.24) is 0 Å². The van der Waals surface area contributed by atoms with Gasteiger partial charge in [0.1, 0.15) is 16.4 Å². The second-order valence-electron chi connectivity index (χ2n) is 4.86. The number of sulfonamides is 1. The minimum atomic E-state index is -4.17. The van der Waals surface area contributed by atoms with Crippen molar-refractivity contribution in [3.63, 3.8) is 0 Å². The van der Waals surface area contributed by atoms with E-state index in [1.165, 1.54) is 12.1 Å². The zero-order valence-electron chi connectivity index (χ0n) is 13.5. The number of ether oxygens (including phenoxy) is 2. The van der Waals surface area contributed by atoms with Gasteiger partial charge in [0, 0.05) is 11.1 Å². The zero-order valence-corrected chi connectivity index (χ0v) is 15.9. The Labute approximate surface area is 156 Å². The molecule has 9 heteroatoms. The minimum absolute atomic E-state index is 0.0799. The van der Waals surface area contributed by atoms with Crippen LogP contribution in [0.5, 0.6) is 17.2 Å². The first-order valence-electron chi connectivity index (χ1n) is 7.39. The monoisotopic (exact) mass is 405 g/mol. The van der Waals surface area contributed by atoms with Gasteiger partial charge in [0.15, 0.2) is 5.75 Å². The predicted molar refractivity (Wildman–Crippen MR) is 97.7 cm³/mol. The van der Waals surface area contributed by atoms with Crippen molar-refractivity contribution in [1.29, 1.82) is 0 Å². The highest BCUT2D eigenvalue weighted by molar-refractivity contribution is 7.92. The van der Waals surface area contributed by atoms with Crippen LogP contribution in [-0.4, -0.2) is 26.7 Å². The molecule has 0 fully saturated rings. The molecule has 0 unspecified atom stereocenters. The van der Waals surface area contributed by atoms with Crippen molar-refractivity contribution in [3.05, 3.63) is 40.4 Å². The molecule has 2 aromatic carbocycles. The number of benzene rings is 2. The maximum Gasteiger partial charge on any atom is 0.265 e. The Morgan fingerprint density at radius 2 is 1.76 bits per heavy atom. The smallest absolute Gasteiger partial charge is 0.265 e. The average molecular weight is 406 g/mol. The molecule has 2 aromatic rings. The van der Waals surface area contributed by atoms with Gasteiger partial charge in [-0.05, 0) is 38.1 Å². The number of aromatic hydroxyl groups is 1. The molecule has 0 atom stereocenters. The molecular formula is C16H17Cl2NO5S. The highest BCUT2D eigenvalue weighted by atomic mass is 35.5. The fourth-order valence-corrected chi connectivity index (χ4v) is 3.89. The standard InChI is InChI=1S/C16H17Cl2NO5S/c1-3-23-11-5-6-14(24-4-2)13(9-11)19-25(21,22)15-8-10(17)7-12(18)16(15)20/h5-9,19-20H,3-4H2,1-2H3. The van der Waals surface area contributed by atoms with Crippen LogP contribution in [0.3, 0.4) is 0 Å². The Morgan fingerprint density at radius 3 is 2.40 bits per heavy atom. The van der Waals surface area contributed by atoms with E-state index in [1.54, 1.807) is 19.1 Å². The summed E-state index contributed by atoms with van der Waals surface area (Å²) in [6, 6.07) is 7.11. The summed E-state index contributed by atoms with van der Waals surface area (Å²) >= 11 is 11.7. The third kappa shape index (κ3) is 4.62. The molecule has 2 rings (SSSR count). The SMILES string of the molecule is CCOc1ccc(OCC)c(NS(=O)(=O)c2cc(Cl)cc(Cl)c2O)c1. The lowest BCUT2D eigenvalue weighted by atomic mass is 10.3. The van der Waals surface area contributed by atoms with Gasteiger partial charge < -0.3 is 14.6 Å². The van der Waals surface area contributed by atoms with Gasteiger partial charge in [0.05, 0.1) is 23.9 Å². The van der Waals surface area contributed by atoms with Crippen LogP contribution < -0.4 is 14.2 Å². The summed E-state index contributed by atoms with van der Waals surface area (Å²) < 4.78 is 38.5. The first kappa shape index (κ1) is 19.5. The minimum Gasteiger partial charge on any atom is -0.505 e. The highest BCUT2D eigenvalue weighted by Crippen LogP contribution is 2.37. The number of rotatable bonds is 7. The van der Waals surface area contributed by atoms with E-state index in [0.717, 1.165) is 6.07 Å². The number of phenols is 1. The number of nitrogens with one attached hydrogen (secondary N) is 1. The van der Waals surface area contributed by atoms with E-state index >= 15 is 0 Å². The van der Waals surface area contributed by atoms with E-state index in [2.05, 4.69) is 4.72 Å². The molecule has 0 saturated heterocycles. The topological polar surface area (TPSA) is 84.9 Å². The zero-order chi connectivity index (χ0) is 18.6. The summed E-state index contributed by atoms with van der Waals surface area (Å²) in [6.07, 6.45) is 0. The second kappa shape index (κ2) is 8.03. The maximum absolute atomic E-state index is 12.7. The fraction of sp³-hybridized carbons (Fsp3) is 0.250. The Bertz CT molecular complexity index is 871. The van der Waals surface area contributed by atoms with Gasteiger partial charge >= 0.3 is 0 Å². The molecule has 25 heavy (non-hydrogen) atoms. The quantitative estimate of drug-likeness (QED) is 0.716. The van der Waals surface area contributed by atoms with Crippen LogP contribution in [0.2, 0.25) is 10.0 Å². The normalized spacial score (nSPS) is 11.2. The first-order valence-corrected chi connectivity index (χ1v) is 9.62. The molecule has 0 saturated carbocycles. The van der Waals surface area contributed by atoms with Gasteiger partial charge in [0.2, 0.25) is 0 Å². The molecule has 0 aliphatic heterocycles. The van der Waals surface area contributed by atoms with Gasteiger partial charge in [-0.25, -0.2) is 8.42 Å². The van der Waals surface area contributed by atoms with Crippen LogP contribution in [0, 0.1) is 0 Å². The van der Waals surface area contributed by atoms with Gasteiger partial charge in [-0.15, -0.1) is 0 Å². The summed E-state index contributed by atoms with van der Waals surface area (Å²) in [6.45, 7) is 4.35. The third-order valence-corrected chi connectivity index (χ3v) is 4.97.